The number of nitrogens with zero attached hydrogens (tertiary/aromatic N) is 2. The van der Waals surface area contributed by atoms with Gasteiger partial charge in [-0.1, -0.05) is 18.2 Å². The van der Waals surface area contributed by atoms with E-state index in [9.17, 15) is 9.59 Å². The molecule has 0 bridgehead atoms. The average molecular weight is 266 g/mol. The monoisotopic (exact) mass is 266 g/mol. The van der Waals surface area contributed by atoms with E-state index in [0.29, 0.717) is 5.56 Å². The maximum absolute atomic E-state index is 11.8. The first-order valence-corrected chi connectivity index (χ1v) is 6.36. The van der Waals surface area contributed by atoms with Gasteiger partial charge >= 0.3 is 0 Å². The number of fused-ring (bicyclic) bond motifs is 1. The van der Waals surface area contributed by atoms with Gasteiger partial charge in [-0.05, 0) is 19.1 Å². The fourth-order valence-electron chi connectivity index (χ4n) is 2.36. The Hall–Kier alpha value is -2.62. The third-order valence-corrected chi connectivity index (χ3v) is 3.46. The van der Waals surface area contributed by atoms with Gasteiger partial charge in [-0.15, -0.1) is 0 Å². The first kappa shape index (κ1) is 12.4. The summed E-state index contributed by atoms with van der Waals surface area (Å²) in [6.45, 7) is 1.55. The molecule has 3 rings (SSSR count). The molecule has 2 aromatic heterocycles. The molecule has 2 heterocycles. The quantitative estimate of drug-likeness (QED) is 0.669. The van der Waals surface area contributed by atoms with Gasteiger partial charge in [0.25, 0.3) is 5.56 Å². The molecule has 4 heteroatoms. The summed E-state index contributed by atoms with van der Waals surface area (Å²) in [6.07, 6.45) is 3.52. The lowest BCUT2D eigenvalue weighted by Gasteiger charge is -2.05. The van der Waals surface area contributed by atoms with Gasteiger partial charge in [-0.25, -0.2) is 0 Å². The smallest absolute Gasteiger partial charge is 0.252 e. The highest BCUT2D eigenvalue weighted by molar-refractivity contribution is 6.07. The Morgan fingerprint density at radius 3 is 2.60 bits per heavy atom. The van der Waals surface area contributed by atoms with Crippen molar-refractivity contribution in [1.29, 1.82) is 0 Å². The van der Waals surface area contributed by atoms with Crippen LogP contribution in [0.25, 0.3) is 16.6 Å². The molecule has 100 valence electrons. The summed E-state index contributed by atoms with van der Waals surface area (Å²) in [5.74, 6) is 0.0174. The molecule has 4 nitrogen and oxygen atoms in total. The molecular weight excluding hydrogens is 252 g/mol. The van der Waals surface area contributed by atoms with Gasteiger partial charge in [0.15, 0.2) is 5.78 Å². The van der Waals surface area contributed by atoms with Crippen LogP contribution in [0, 0.1) is 0 Å². The largest absolute Gasteiger partial charge is 0.318 e. The second kappa shape index (κ2) is 4.49. The van der Waals surface area contributed by atoms with E-state index < -0.39 is 0 Å². The van der Waals surface area contributed by atoms with E-state index in [2.05, 4.69) is 0 Å². The van der Waals surface area contributed by atoms with E-state index in [4.69, 9.17) is 0 Å². The number of aromatic nitrogens is 2. The van der Waals surface area contributed by atoms with Crippen LogP contribution in [0.5, 0.6) is 0 Å². The molecule has 0 aliphatic rings. The lowest BCUT2D eigenvalue weighted by molar-refractivity contribution is 0.101. The Morgan fingerprint density at radius 1 is 1.15 bits per heavy atom. The van der Waals surface area contributed by atoms with Crippen molar-refractivity contribution in [2.24, 2.45) is 7.05 Å². The van der Waals surface area contributed by atoms with Crippen molar-refractivity contribution < 1.29 is 4.79 Å². The minimum Gasteiger partial charge on any atom is -0.318 e. The molecule has 0 aliphatic carbocycles. The van der Waals surface area contributed by atoms with E-state index >= 15 is 0 Å². The Kier molecular flexibility index (Phi) is 2.79. The van der Waals surface area contributed by atoms with Crippen LogP contribution in [0.4, 0.5) is 0 Å². The number of hydrogen-bond donors (Lipinski definition) is 0. The third-order valence-electron chi connectivity index (χ3n) is 3.46. The number of aryl methyl sites for hydroxylation is 1. The summed E-state index contributed by atoms with van der Waals surface area (Å²) in [7, 11) is 1.71. The van der Waals surface area contributed by atoms with Crippen molar-refractivity contribution in [3.63, 3.8) is 0 Å². The summed E-state index contributed by atoms with van der Waals surface area (Å²) in [5.41, 5.74) is 2.27. The zero-order valence-corrected chi connectivity index (χ0v) is 11.3. The summed E-state index contributed by atoms with van der Waals surface area (Å²) >= 11 is 0. The highest BCUT2D eigenvalue weighted by Gasteiger charge is 2.12. The normalized spacial score (nSPS) is 10.9. The number of para-hydroxylation sites is 1. The first-order chi connectivity index (χ1) is 9.58. The summed E-state index contributed by atoms with van der Waals surface area (Å²) in [5, 5.41) is 0.903. The van der Waals surface area contributed by atoms with E-state index in [0.717, 1.165) is 16.6 Å². The first-order valence-electron chi connectivity index (χ1n) is 6.36. The minimum absolute atomic E-state index is 0.0174. The van der Waals surface area contributed by atoms with Gasteiger partial charge in [0.1, 0.15) is 0 Å². The molecular formula is C16H14N2O2. The topological polar surface area (TPSA) is 44.0 Å². The average Bonchev–Trinajstić information content (AvgIpc) is 2.82. The fourth-order valence-corrected chi connectivity index (χ4v) is 2.36. The molecule has 3 aromatic rings. The van der Waals surface area contributed by atoms with Crippen molar-refractivity contribution >= 4 is 16.7 Å². The molecule has 0 saturated heterocycles. The molecule has 0 atom stereocenters. The predicted molar refractivity (Wildman–Crippen MR) is 78.5 cm³/mol. The highest BCUT2D eigenvalue weighted by Crippen LogP contribution is 2.24. The molecule has 0 spiro atoms. The van der Waals surface area contributed by atoms with Gasteiger partial charge in [-0.2, -0.15) is 0 Å². The van der Waals surface area contributed by atoms with Crippen LogP contribution in [0.3, 0.4) is 0 Å². The van der Waals surface area contributed by atoms with E-state index in [1.165, 1.54) is 4.57 Å². The number of Topliss-reactive ketones (excluding diaryl/α,β-unsaturated/α-hetero) is 1. The zero-order chi connectivity index (χ0) is 14.3. The van der Waals surface area contributed by atoms with Gasteiger partial charge in [0.2, 0.25) is 0 Å². The second-order valence-electron chi connectivity index (χ2n) is 4.82. The van der Waals surface area contributed by atoms with E-state index in [1.54, 1.807) is 32.4 Å². The highest BCUT2D eigenvalue weighted by atomic mass is 16.1. The number of carbonyl (C=O) groups excluding carboxylic acids is 1. The van der Waals surface area contributed by atoms with Crippen LogP contribution in [-0.4, -0.2) is 14.9 Å². The standard InChI is InChI=1S/C16H14N2O2/c1-11(19)14-10-18(15-6-4-3-5-13(14)15)12-7-8-17(2)16(20)9-12/h3-10H,1-2H3. The van der Waals surface area contributed by atoms with Crippen molar-refractivity contribution in [2.75, 3.05) is 0 Å². The maximum Gasteiger partial charge on any atom is 0.252 e. The molecule has 20 heavy (non-hydrogen) atoms. The van der Waals surface area contributed by atoms with Crippen molar-refractivity contribution in [2.45, 2.75) is 6.92 Å². The Labute approximate surface area is 115 Å². The van der Waals surface area contributed by atoms with Gasteiger partial charge in [0.05, 0.1) is 11.2 Å². The molecule has 0 aliphatic heterocycles. The molecule has 0 saturated carbocycles. The Balaban J connectivity index is 2.33. The summed E-state index contributed by atoms with van der Waals surface area (Å²) < 4.78 is 3.40. The van der Waals surface area contributed by atoms with Crippen molar-refractivity contribution in [3.05, 3.63) is 64.7 Å². The lowest BCUT2D eigenvalue weighted by Crippen LogP contribution is -2.15. The van der Waals surface area contributed by atoms with Crippen molar-refractivity contribution in [1.82, 2.24) is 9.13 Å². The van der Waals surface area contributed by atoms with Gasteiger partial charge < -0.3 is 9.13 Å². The molecule has 0 N–H and O–H groups in total. The third kappa shape index (κ3) is 1.86. The summed E-state index contributed by atoms with van der Waals surface area (Å²) in [6, 6.07) is 11.1. The predicted octanol–water partition coefficient (Wildman–Crippen LogP) is 2.53. The maximum atomic E-state index is 11.8. The van der Waals surface area contributed by atoms with Gasteiger partial charge in [-0.3, -0.25) is 9.59 Å². The van der Waals surface area contributed by atoms with E-state index in [-0.39, 0.29) is 11.3 Å². The van der Waals surface area contributed by atoms with Crippen LogP contribution in [0.2, 0.25) is 0 Å². The molecule has 0 radical (unpaired) electrons. The van der Waals surface area contributed by atoms with Crippen molar-refractivity contribution in [3.8, 4) is 5.69 Å². The van der Waals surface area contributed by atoms with Gasteiger partial charge in [0, 0.05) is 36.5 Å². The number of pyridine rings is 1. The molecule has 0 amide bonds. The van der Waals surface area contributed by atoms with Crippen LogP contribution >= 0.6 is 0 Å². The van der Waals surface area contributed by atoms with E-state index in [1.807, 2.05) is 34.9 Å². The minimum atomic E-state index is -0.0790. The molecule has 0 fully saturated rings. The zero-order valence-electron chi connectivity index (χ0n) is 11.3. The lowest BCUT2D eigenvalue weighted by atomic mass is 10.1. The second-order valence-corrected chi connectivity index (χ2v) is 4.82. The number of rotatable bonds is 2. The Morgan fingerprint density at radius 2 is 1.90 bits per heavy atom. The molecule has 1 aromatic carbocycles. The Bertz CT molecular complexity index is 872. The number of hydrogen-bond acceptors (Lipinski definition) is 2. The summed E-state index contributed by atoms with van der Waals surface area (Å²) in [4.78, 5) is 23.5. The number of ketones is 1. The van der Waals surface area contributed by atoms with Crippen LogP contribution < -0.4 is 5.56 Å². The molecule has 0 unspecified atom stereocenters. The van der Waals surface area contributed by atoms with Crippen LogP contribution in [0.15, 0.2) is 53.6 Å². The van der Waals surface area contributed by atoms with Crippen LogP contribution in [0.1, 0.15) is 17.3 Å². The van der Waals surface area contributed by atoms with Crippen LogP contribution in [-0.2, 0) is 7.05 Å². The number of carbonyl (C=O) groups is 1. The SMILES string of the molecule is CC(=O)c1cn(-c2ccn(C)c(=O)c2)c2ccccc12. The number of benzene rings is 1. The fraction of sp³-hybridized carbons (Fsp3) is 0.125.